The molecule has 3 nitrogen and oxygen atoms in total. The van der Waals surface area contributed by atoms with Crippen molar-refractivity contribution in [2.24, 2.45) is 0 Å². The lowest BCUT2D eigenvalue weighted by molar-refractivity contribution is 1.30. The molecular formula is C8H5ClN2O. The minimum Gasteiger partial charge on any atom is -0.360 e. The van der Waals surface area contributed by atoms with Crippen molar-refractivity contribution in [3.05, 3.63) is 39.9 Å². The number of pyridine rings is 2. The fraction of sp³-hybridized carbons (Fsp3) is 0. The minimum absolute atomic E-state index is 0.0481. The van der Waals surface area contributed by atoms with E-state index < -0.39 is 0 Å². The highest BCUT2D eigenvalue weighted by Crippen LogP contribution is 2.09. The zero-order chi connectivity index (χ0) is 8.55. The van der Waals surface area contributed by atoms with Crippen molar-refractivity contribution >= 4 is 22.5 Å². The van der Waals surface area contributed by atoms with E-state index >= 15 is 0 Å². The number of H-pyrrole nitrogens is 1. The van der Waals surface area contributed by atoms with Crippen LogP contribution in [0, 0.1) is 0 Å². The molecule has 0 aromatic carbocycles. The molecule has 0 fully saturated rings. The second-order valence-electron chi connectivity index (χ2n) is 2.39. The number of nitrogens with one attached hydrogen (secondary N) is 1. The van der Waals surface area contributed by atoms with E-state index in [2.05, 4.69) is 9.97 Å². The monoisotopic (exact) mass is 180 g/mol. The van der Waals surface area contributed by atoms with Gasteiger partial charge in [-0.1, -0.05) is 11.6 Å². The molecule has 12 heavy (non-hydrogen) atoms. The van der Waals surface area contributed by atoms with Crippen LogP contribution in [0.25, 0.3) is 10.9 Å². The fourth-order valence-electron chi connectivity index (χ4n) is 1.05. The molecule has 2 rings (SSSR count). The van der Waals surface area contributed by atoms with E-state index in [-0.39, 0.29) is 5.43 Å². The van der Waals surface area contributed by atoms with Crippen molar-refractivity contribution in [1.82, 2.24) is 9.97 Å². The Balaban J connectivity index is 2.98. The smallest absolute Gasteiger partial charge is 0.189 e. The Hall–Kier alpha value is -1.35. The predicted octanol–water partition coefficient (Wildman–Crippen LogP) is 1.58. The number of hydrogen-bond donors (Lipinski definition) is 1. The van der Waals surface area contributed by atoms with E-state index in [0.29, 0.717) is 16.1 Å². The van der Waals surface area contributed by atoms with Gasteiger partial charge in [-0.25, -0.2) is 4.98 Å². The van der Waals surface area contributed by atoms with Crippen LogP contribution in [-0.2, 0) is 0 Å². The highest BCUT2D eigenvalue weighted by molar-refractivity contribution is 6.30. The van der Waals surface area contributed by atoms with Gasteiger partial charge in [-0.05, 0) is 6.07 Å². The Labute approximate surface area is 73.0 Å². The molecule has 0 saturated heterocycles. The lowest BCUT2D eigenvalue weighted by atomic mass is 10.2. The first-order valence-corrected chi connectivity index (χ1v) is 3.78. The van der Waals surface area contributed by atoms with Gasteiger partial charge in [-0.2, -0.15) is 0 Å². The van der Waals surface area contributed by atoms with Crippen molar-refractivity contribution in [2.75, 3.05) is 0 Å². The van der Waals surface area contributed by atoms with Crippen LogP contribution in [0.2, 0.25) is 5.15 Å². The molecule has 0 unspecified atom stereocenters. The molecule has 0 aliphatic carbocycles. The van der Waals surface area contributed by atoms with Crippen LogP contribution in [0.1, 0.15) is 0 Å². The van der Waals surface area contributed by atoms with Crippen LogP contribution in [0.15, 0.2) is 29.3 Å². The number of hydrogen-bond acceptors (Lipinski definition) is 2. The first-order chi connectivity index (χ1) is 5.77. The molecule has 0 atom stereocenters. The highest BCUT2D eigenvalue weighted by Gasteiger charge is 1.98. The van der Waals surface area contributed by atoms with E-state index in [4.69, 9.17) is 11.6 Å². The van der Waals surface area contributed by atoms with Crippen molar-refractivity contribution in [2.45, 2.75) is 0 Å². The van der Waals surface area contributed by atoms with Crippen LogP contribution >= 0.6 is 11.6 Å². The van der Waals surface area contributed by atoms with Crippen LogP contribution in [0.3, 0.4) is 0 Å². The maximum absolute atomic E-state index is 11.2. The Kier molecular flexibility index (Phi) is 1.59. The molecule has 0 bridgehead atoms. The van der Waals surface area contributed by atoms with Crippen LogP contribution in [0.4, 0.5) is 0 Å². The largest absolute Gasteiger partial charge is 0.360 e. The minimum atomic E-state index is -0.0481. The third-order valence-electron chi connectivity index (χ3n) is 1.61. The highest BCUT2D eigenvalue weighted by atomic mass is 35.5. The fourth-order valence-corrected chi connectivity index (χ4v) is 1.20. The van der Waals surface area contributed by atoms with Gasteiger partial charge in [0.2, 0.25) is 0 Å². The molecule has 60 valence electrons. The number of aromatic nitrogens is 2. The predicted molar refractivity (Wildman–Crippen MR) is 47.4 cm³/mol. The molecule has 4 heteroatoms. The zero-order valence-corrected chi connectivity index (χ0v) is 6.80. The summed E-state index contributed by atoms with van der Waals surface area (Å²) in [5.74, 6) is 0. The second-order valence-corrected chi connectivity index (χ2v) is 2.78. The molecule has 2 heterocycles. The quantitative estimate of drug-likeness (QED) is 0.626. The van der Waals surface area contributed by atoms with Crippen LogP contribution in [-0.4, -0.2) is 9.97 Å². The Morgan fingerprint density at radius 3 is 3.17 bits per heavy atom. The van der Waals surface area contributed by atoms with Gasteiger partial charge in [0.15, 0.2) is 5.43 Å². The lowest BCUT2D eigenvalue weighted by Crippen LogP contribution is -1.99. The standard InChI is InChI=1S/C8H5ClN2O/c9-8-3-5-6(4-11-8)10-2-1-7(5)12/h1-4H,(H,10,12). The van der Waals surface area contributed by atoms with Gasteiger partial charge in [-0.15, -0.1) is 0 Å². The van der Waals surface area contributed by atoms with E-state index in [9.17, 15) is 4.79 Å². The van der Waals surface area contributed by atoms with Crippen molar-refractivity contribution < 1.29 is 0 Å². The van der Waals surface area contributed by atoms with E-state index in [0.717, 1.165) is 0 Å². The molecule has 0 radical (unpaired) electrons. The zero-order valence-electron chi connectivity index (χ0n) is 6.04. The van der Waals surface area contributed by atoms with Gasteiger partial charge in [0.1, 0.15) is 5.15 Å². The first-order valence-electron chi connectivity index (χ1n) is 3.40. The van der Waals surface area contributed by atoms with Gasteiger partial charge in [0.05, 0.1) is 17.1 Å². The summed E-state index contributed by atoms with van der Waals surface area (Å²) in [4.78, 5) is 18.0. The Bertz CT molecular complexity index is 478. The van der Waals surface area contributed by atoms with Crippen LogP contribution in [0.5, 0.6) is 0 Å². The molecule has 2 aromatic heterocycles. The maximum Gasteiger partial charge on any atom is 0.189 e. The van der Waals surface area contributed by atoms with Crippen LogP contribution < -0.4 is 5.43 Å². The van der Waals surface area contributed by atoms with Gasteiger partial charge in [0.25, 0.3) is 0 Å². The molecule has 2 aromatic rings. The van der Waals surface area contributed by atoms with E-state index in [1.807, 2.05) is 0 Å². The molecule has 0 aliphatic rings. The third kappa shape index (κ3) is 1.08. The molecule has 0 saturated carbocycles. The lowest BCUT2D eigenvalue weighted by Gasteiger charge is -1.94. The summed E-state index contributed by atoms with van der Waals surface area (Å²) < 4.78 is 0. The van der Waals surface area contributed by atoms with Crippen molar-refractivity contribution in [3.8, 4) is 0 Å². The average Bonchev–Trinajstić information content (AvgIpc) is 2.07. The number of halogens is 1. The summed E-state index contributed by atoms with van der Waals surface area (Å²) in [5.41, 5.74) is 0.653. The van der Waals surface area contributed by atoms with Gasteiger partial charge >= 0.3 is 0 Å². The van der Waals surface area contributed by atoms with E-state index in [1.165, 1.54) is 6.07 Å². The topological polar surface area (TPSA) is 45.8 Å². The number of rotatable bonds is 0. The molecule has 1 N–H and O–H groups in total. The number of aromatic amines is 1. The summed E-state index contributed by atoms with van der Waals surface area (Å²) >= 11 is 5.63. The van der Waals surface area contributed by atoms with Gasteiger partial charge in [-0.3, -0.25) is 4.79 Å². The number of fused-ring (bicyclic) bond motifs is 1. The Morgan fingerprint density at radius 1 is 1.50 bits per heavy atom. The normalized spacial score (nSPS) is 10.4. The molecule has 0 aliphatic heterocycles. The molecule has 0 spiro atoms. The van der Waals surface area contributed by atoms with Crippen molar-refractivity contribution in [3.63, 3.8) is 0 Å². The Morgan fingerprint density at radius 2 is 2.33 bits per heavy atom. The SMILES string of the molecule is O=c1cc[nH]c2cnc(Cl)cc12. The summed E-state index contributed by atoms with van der Waals surface area (Å²) in [6, 6.07) is 3.01. The summed E-state index contributed by atoms with van der Waals surface area (Å²) in [5, 5.41) is 0.900. The van der Waals surface area contributed by atoms with Gasteiger partial charge < -0.3 is 4.98 Å². The summed E-state index contributed by atoms with van der Waals surface area (Å²) in [6.07, 6.45) is 3.12. The maximum atomic E-state index is 11.2. The molecular weight excluding hydrogens is 176 g/mol. The average molecular weight is 181 g/mol. The van der Waals surface area contributed by atoms with Gasteiger partial charge in [0, 0.05) is 12.3 Å². The summed E-state index contributed by atoms with van der Waals surface area (Å²) in [7, 11) is 0. The van der Waals surface area contributed by atoms with E-state index in [1.54, 1.807) is 18.5 Å². The second kappa shape index (κ2) is 2.60. The first kappa shape index (κ1) is 7.31. The number of nitrogens with zero attached hydrogens (tertiary/aromatic N) is 1. The van der Waals surface area contributed by atoms with Crippen molar-refractivity contribution in [1.29, 1.82) is 0 Å². The summed E-state index contributed by atoms with van der Waals surface area (Å²) in [6.45, 7) is 0. The third-order valence-corrected chi connectivity index (χ3v) is 1.82. The molecule has 0 amide bonds.